The van der Waals surface area contributed by atoms with Crippen molar-refractivity contribution >= 4 is 18.3 Å². The van der Waals surface area contributed by atoms with Gasteiger partial charge in [-0.25, -0.2) is 0 Å². The summed E-state index contributed by atoms with van der Waals surface area (Å²) in [4.78, 5) is 14.7. The molecule has 1 fully saturated rings. The van der Waals surface area contributed by atoms with Crippen LogP contribution >= 0.6 is 12.4 Å². The molecule has 26 heavy (non-hydrogen) atoms. The summed E-state index contributed by atoms with van der Waals surface area (Å²) in [7, 11) is 1.66. The molecule has 0 spiro atoms. The van der Waals surface area contributed by atoms with Gasteiger partial charge in [0.15, 0.2) is 0 Å². The maximum Gasteiger partial charge on any atom is 0.226 e. The van der Waals surface area contributed by atoms with E-state index < -0.39 is 0 Å². The molecule has 1 aliphatic heterocycles. The van der Waals surface area contributed by atoms with Crippen molar-refractivity contribution in [2.45, 2.75) is 12.5 Å². The lowest BCUT2D eigenvalue weighted by atomic mass is 10.0. The van der Waals surface area contributed by atoms with Gasteiger partial charge < -0.3 is 19.7 Å². The second-order valence-electron chi connectivity index (χ2n) is 5.96. The minimum absolute atomic E-state index is 0. The molecule has 1 amide bonds. The normalized spacial score (nSPS) is 16.5. The summed E-state index contributed by atoms with van der Waals surface area (Å²) in [5.41, 5.74) is 1.04. The van der Waals surface area contributed by atoms with Crippen LogP contribution in [0.25, 0.3) is 0 Å². The fraction of sp³-hybridized carbons (Fsp3) is 0.350. The first-order valence-corrected chi connectivity index (χ1v) is 8.60. The number of para-hydroxylation sites is 2. The van der Waals surface area contributed by atoms with E-state index in [4.69, 9.17) is 9.47 Å². The van der Waals surface area contributed by atoms with E-state index in [-0.39, 0.29) is 24.4 Å². The van der Waals surface area contributed by atoms with Gasteiger partial charge in [-0.05, 0) is 18.2 Å². The van der Waals surface area contributed by atoms with E-state index in [0.717, 1.165) is 30.2 Å². The molecule has 1 heterocycles. The van der Waals surface area contributed by atoms with E-state index in [9.17, 15) is 4.79 Å². The van der Waals surface area contributed by atoms with Crippen molar-refractivity contribution in [1.29, 1.82) is 0 Å². The Morgan fingerprint density at radius 2 is 1.88 bits per heavy atom. The van der Waals surface area contributed by atoms with Crippen LogP contribution < -0.4 is 14.8 Å². The van der Waals surface area contributed by atoms with Gasteiger partial charge in [0.05, 0.1) is 26.2 Å². The number of amides is 1. The summed E-state index contributed by atoms with van der Waals surface area (Å²) in [6, 6.07) is 17.4. The Kier molecular flexibility index (Phi) is 7.75. The molecule has 1 unspecified atom stereocenters. The standard InChI is InChI=1S/C20H24N2O3.ClH/c1-24-19-10-6-5-9-17(19)18-15-21-12-13-22(18)20(23)11-14-25-16-7-3-2-4-8-16;/h2-10,18,21H,11-15H2,1H3;1H. The Bertz CT molecular complexity index is 696. The molecule has 1 N–H and O–H groups in total. The maximum atomic E-state index is 12.7. The molecule has 2 aromatic carbocycles. The molecule has 0 saturated carbocycles. The SMILES string of the molecule is COc1ccccc1C1CNCCN1C(=O)CCOc1ccccc1.Cl. The van der Waals surface area contributed by atoms with Gasteiger partial charge >= 0.3 is 0 Å². The quantitative estimate of drug-likeness (QED) is 0.841. The second kappa shape index (κ2) is 10.0. The van der Waals surface area contributed by atoms with E-state index in [1.165, 1.54) is 0 Å². The summed E-state index contributed by atoms with van der Waals surface area (Å²) in [6.45, 7) is 2.60. The Labute approximate surface area is 160 Å². The molecule has 0 radical (unpaired) electrons. The molecule has 3 rings (SSSR count). The zero-order valence-electron chi connectivity index (χ0n) is 14.9. The van der Waals surface area contributed by atoms with E-state index in [1.54, 1.807) is 7.11 Å². The van der Waals surface area contributed by atoms with Crippen LogP contribution in [0.1, 0.15) is 18.0 Å². The molecule has 1 atom stereocenters. The molecule has 2 aromatic rings. The molecular weight excluding hydrogens is 352 g/mol. The van der Waals surface area contributed by atoms with Gasteiger partial charge in [-0.3, -0.25) is 4.79 Å². The van der Waals surface area contributed by atoms with Gasteiger partial charge in [-0.15, -0.1) is 12.4 Å². The number of carbonyl (C=O) groups is 1. The predicted molar refractivity (Wildman–Crippen MR) is 104 cm³/mol. The molecular formula is C20H25ClN2O3. The highest BCUT2D eigenvalue weighted by molar-refractivity contribution is 5.85. The van der Waals surface area contributed by atoms with Crippen molar-refractivity contribution in [3.63, 3.8) is 0 Å². The lowest BCUT2D eigenvalue weighted by Crippen LogP contribution is -2.49. The number of nitrogens with one attached hydrogen (secondary N) is 1. The van der Waals surface area contributed by atoms with E-state index in [0.29, 0.717) is 19.6 Å². The van der Waals surface area contributed by atoms with Crippen LogP contribution in [-0.4, -0.2) is 44.2 Å². The third-order valence-electron chi connectivity index (χ3n) is 4.39. The topological polar surface area (TPSA) is 50.8 Å². The number of halogens is 1. The van der Waals surface area contributed by atoms with Gasteiger partial charge in [-0.2, -0.15) is 0 Å². The van der Waals surface area contributed by atoms with E-state index >= 15 is 0 Å². The molecule has 5 nitrogen and oxygen atoms in total. The average Bonchev–Trinajstić information content (AvgIpc) is 2.68. The van der Waals surface area contributed by atoms with Gasteiger partial charge in [0.25, 0.3) is 0 Å². The fourth-order valence-electron chi connectivity index (χ4n) is 3.14. The number of methoxy groups -OCH3 is 1. The van der Waals surface area contributed by atoms with Crippen LogP contribution in [0.15, 0.2) is 54.6 Å². The highest BCUT2D eigenvalue weighted by Gasteiger charge is 2.29. The monoisotopic (exact) mass is 376 g/mol. The minimum Gasteiger partial charge on any atom is -0.496 e. The summed E-state index contributed by atoms with van der Waals surface area (Å²) in [5, 5.41) is 3.37. The van der Waals surface area contributed by atoms with Crippen LogP contribution in [0.4, 0.5) is 0 Å². The van der Waals surface area contributed by atoms with E-state index in [2.05, 4.69) is 5.32 Å². The molecule has 0 aliphatic carbocycles. The highest BCUT2D eigenvalue weighted by atomic mass is 35.5. The van der Waals surface area contributed by atoms with Crippen LogP contribution in [0.3, 0.4) is 0 Å². The summed E-state index contributed by atoms with van der Waals surface area (Å²) in [5.74, 6) is 1.71. The highest BCUT2D eigenvalue weighted by Crippen LogP contribution is 2.30. The van der Waals surface area contributed by atoms with Crippen molar-refractivity contribution in [2.24, 2.45) is 0 Å². The zero-order chi connectivity index (χ0) is 17.5. The summed E-state index contributed by atoms with van der Waals surface area (Å²) < 4.78 is 11.1. The Hall–Kier alpha value is -2.24. The Morgan fingerprint density at radius 1 is 1.15 bits per heavy atom. The first-order chi connectivity index (χ1) is 12.3. The van der Waals surface area contributed by atoms with Crippen molar-refractivity contribution in [2.75, 3.05) is 33.4 Å². The third-order valence-corrected chi connectivity index (χ3v) is 4.39. The van der Waals surface area contributed by atoms with E-state index in [1.807, 2.05) is 59.5 Å². The number of rotatable bonds is 6. The Balaban J connectivity index is 0.00000243. The fourth-order valence-corrected chi connectivity index (χ4v) is 3.14. The van der Waals surface area contributed by atoms with Crippen LogP contribution in [0.5, 0.6) is 11.5 Å². The number of ether oxygens (including phenoxy) is 2. The van der Waals surface area contributed by atoms with Crippen molar-refractivity contribution in [3.8, 4) is 11.5 Å². The molecule has 1 saturated heterocycles. The van der Waals surface area contributed by atoms with Crippen LogP contribution in [0.2, 0.25) is 0 Å². The number of piperazine rings is 1. The van der Waals surface area contributed by atoms with Gasteiger partial charge in [0, 0.05) is 25.2 Å². The number of carbonyl (C=O) groups excluding carboxylic acids is 1. The molecule has 6 heteroatoms. The Morgan fingerprint density at radius 3 is 2.65 bits per heavy atom. The number of hydrogen-bond donors (Lipinski definition) is 1. The number of nitrogens with zero attached hydrogens (tertiary/aromatic N) is 1. The van der Waals surface area contributed by atoms with Crippen molar-refractivity contribution in [1.82, 2.24) is 10.2 Å². The molecule has 0 aromatic heterocycles. The molecule has 0 bridgehead atoms. The smallest absolute Gasteiger partial charge is 0.226 e. The summed E-state index contributed by atoms with van der Waals surface area (Å²) in [6.07, 6.45) is 0.362. The second-order valence-corrected chi connectivity index (χ2v) is 5.96. The van der Waals surface area contributed by atoms with Crippen molar-refractivity contribution < 1.29 is 14.3 Å². The molecule has 1 aliphatic rings. The third kappa shape index (κ3) is 4.90. The number of benzene rings is 2. The van der Waals surface area contributed by atoms with Crippen LogP contribution in [0, 0.1) is 0 Å². The summed E-state index contributed by atoms with van der Waals surface area (Å²) >= 11 is 0. The average molecular weight is 377 g/mol. The van der Waals surface area contributed by atoms with Crippen LogP contribution in [-0.2, 0) is 4.79 Å². The lowest BCUT2D eigenvalue weighted by molar-refractivity contribution is -0.135. The lowest BCUT2D eigenvalue weighted by Gasteiger charge is -2.37. The number of hydrogen-bond acceptors (Lipinski definition) is 4. The minimum atomic E-state index is -0.0193. The predicted octanol–water partition coefficient (Wildman–Crippen LogP) is 3.06. The van der Waals surface area contributed by atoms with Gasteiger partial charge in [0.2, 0.25) is 5.91 Å². The van der Waals surface area contributed by atoms with Crippen molar-refractivity contribution in [3.05, 3.63) is 60.2 Å². The first-order valence-electron chi connectivity index (χ1n) is 8.60. The largest absolute Gasteiger partial charge is 0.496 e. The zero-order valence-corrected chi connectivity index (χ0v) is 15.7. The van der Waals surface area contributed by atoms with Gasteiger partial charge in [-0.1, -0.05) is 36.4 Å². The molecule has 140 valence electrons. The van der Waals surface area contributed by atoms with Gasteiger partial charge in [0.1, 0.15) is 11.5 Å². The first kappa shape index (κ1) is 20.1. The maximum absolute atomic E-state index is 12.7.